The third-order valence-corrected chi connectivity index (χ3v) is 19.4. The maximum atomic E-state index is 5.30. The lowest BCUT2D eigenvalue weighted by Gasteiger charge is -2.44. The van der Waals surface area contributed by atoms with Crippen LogP contribution in [-0.2, 0) is 0 Å². The van der Waals surface area contributed by atoms with Crippen LogP contribution in [-0.4, -0.2) is 44.1 Å². The van der Waals surface area contributed by atoms with Crippen LogP contribution in [0.2, 0.25) is 27.3 Å². The standard InChI is InChI=1S/C51H48B2N4S2/c1-52(2)40-22-18-20-37(34-40)49-54-50(38-21-19-29-44(35-38)58(5,6)53(3)4)56-51(55-49)39-32-33-48-46(36-39)45-30-16-17-31-47(45)57(48)59(41-23-10-7-11-24-41,42-25-12-8-13-26-42)43-27-14-9-15-28-43/h7-36H,1-6H3. The van der Waals surface area contributed by atoms with Gasteiger partial charge < -0.3 is 0 Å². The van der Waals surface area contributed by atoms with Gasteiger partial charge in [-0.3, -0.25) is 3.97 Å². The van der Waals surface area contributed by atoms with E-state index in [9.17, 15) is 0 Å². The molecule has 59 heavy (non-hydrogen) atoms. The zero-order valence-electron chi connectivity index (χ0n) is 34.6. The second-order valence-electron chi connectivity index (χ2n) is 16.1. The highest BCUT2D eigenvalue weighted by atomic mass is 32.3. The highest BCUT2D eigenvalue weighted by molar-refractivity contribution is 8.53. The van der Waals surface area contributed by atoms with Crippen LogP contribution in [0.4, 0.5) is 0 Å². The molecule has 2 aromatic heterocycles. The molecule has 290 valence electrons. The van der Waals surface area contributed by atoms with Gasteiger partial charge in [0.15, 0.2) is 30.2 Å². The molecule has 0 spiro atoms. The Bertz CT molecular complexity index is 2830. The van der Waals surface area contributed by atoms with Gasteiger partial charge in [0.05, 0.1) is 11.0 Å². The lowest BCUT2D eigenvalue weighted by Crippen LogP contribution is -2.22. The summed E-state index contributed by atoms with van der Waals surface area (Å²) in [7, 11) is -3.07. The van der Waals surface area contributed by atoms with Crippen molar-refractivity contribution in [3.8, 4) is 34.2 Å². The maximum Gasteiger partial charge on any atom is 0.188 e. The zero-order valence-corrected chi connectivity index (χ0v) is 36.2. The number of aromatic nitrogens is 4. The van der Waals surface area contributed by atoms with Gasteiger partial charge in [0.2, 0.25) is 0 Å². The summed E-state index contributed by atoms with van der Waals surface area (Å²) in [4.78, 5) is 20.9. The number of hydrogen-bond donors (Lipinski definition) is 0. The molecule has 0 aliphatic heterocycles. The largest absolute Gasteiger partial charge is 0.290 e. The summed E-state index contributed by atoms with van der Waals surface area (Å²) in [5.74, 6) is 2.56. The van der Waals surface area contributed by atoms with Gasteiger partial charge in [0, 0.05) is 42.1 Å². The molecule has 7 aromatic carbocycles. The van der Waals surface area contributed by atoms with Crippen molar-refractivity contribution >= 4 is 60.1 Å². The molecule has 0 fully saturated rings. The summed E-state index contributed by atoms with van der Waals surface area (Å²) >= 11 is 0. The number of benzene rings is 7. The molecule has 4 nitrogen and oxygen atoms in total. The molecule has 0 saturated heterocycles. The molecular formula is C51H48B2N4S2. The summed E-state index contributed by atoms with van der Waals surface area (Å²) in [5, 5.41) is 2.35. The van der Waals surface area contributed by atoms with Crippen molar-refractivity contribution in [2.75, 3.05) is 12.5 Å². The predicted molar refractivity (Wildman–Crippen MR) is 259 cm³/mol. The van der Waals surface area contributed by atoms with Crippen LogP contribution in [0.3, 0.4) is 0 Å². The van der Waals surface area contributed by atoms with Crippen molar-refractivity contribution in [3.63, 3.8) is 0 Å². The van der Waals surface area contributed by atoms with Gasteiger partial charge in [0.1, 0.15) is 0 Å². The monoisotopic (exact) mass is 802 g/mol. The first kappa shape index (κ1) is 38.7. The van der Waals surface area contributed by atoms with Gasteiger partial charge in [-0.15, -0.1) is 0 Å². The SMILES string of the molecule is CB(C)c1cccc(-c2nc(-c3cccc(S(C)(C)B(C)C)c3)nc(-c3ccc4c(c3)c3ccccc3n4S(c3ccccc3)(c3ccccc3)c3ccccc3)n2)c1. The Kier molecular flexibility index (Phi) is 10.3. The number of hydrogen-bond acceptors (Lipinski definition) is 3. The van der Waals surface area contributed by atoms with Gasteiger partial charge in [-0.25, -0.2) is 24.8 Å². The average molecular weight is 803 g/mol. The molecule has 0 atom stereocenters. The van der Waals surface area contributed by atoms with Crippen molar-refractivity contribution in [1.29, 1.82) is 0 Å². The maximum absolute atomic E-state index is 5.30. The van der Waals surface area contributed by atoms with E-state index in [1.807, 2.05) is 0 Å². The Morgan fingerprint density at radius 2 is 0.864 bits per heavy atom. The smallest absolute Gasteiger partial charge is 0.188 e. The van der Waals surface area contributed by atoms with Crippen molar-refractivity contribution in [1.82, 2.24) is 18.9 Å². The van der Waals surface area contributed by atoms with Gasteiger partial charge in [-0.05, 0) is 84.1 Å². The molecule has 9 rings (SSSR count). The summed E-state index contributed by atoms with van der Waals surface area (Å²) in [6.07, 6.45) is 4.79. The molecule has 0 N–H and O–H groups in total. The van der Waals surface area contributed by atoms with Crippen LogP contribution >= 0.6 is 20.1 Å². The Morgan fingerprint density at radius 1 is 0.407 bits per heavy atom. The van der Waals surface area contributed by atoms with Gasteiger partial charge >= 0.3 is 0 Å². The van der Waals surface area contributed by atoms with E-state index in [0.29, 0.717) is 30.2 Å². The van der Waals surface area contributed by atoms with E-state index < -0.39 is 20.1 Å². The van der Waals surface area contributed by atoms with Crippen LogP contribution in [0.1, 0.15) is 0 Å². The Balaban J connectivity index is 1.31. The number of nitrogens with zero attached hydrogens (tertiary/aromatic N) is 4. The van der Waals surface area contributed by atoms with Crippen LogP contribution in [0, 0.1) is 0 Å². The highest BCUT2D eigenvalue weighted by Gasteiger charge is 2.36. The fraction of sp³-hybridized carbons (Fsp3) is 0.118. The minimum atomic E-state index is -2.04. The molecule has 0 aliphatic carbocycles. The first-order chi connectivity index (χ1) is 28.7. The van der Waals surface area contributed by atoms with Crippen molar-refractivity contribution in [2.24, 2.45) is 0 Å². The summed E-state index contributed by atoms with van der Waals surface area (Å²) < 4.78 is 2.63. The number of rotatable bonds is 10. The van der Waals surface area contributed by atoms with E-state index in [1.54, 1.807) is 0 Å². The van der Waals surface area contributed by atoms with Crippen LogP contribution in [0.15, 0.2) is 202 Å². The summed E-state index contributed by atoms with van der Waals surface area (Å²) in [6.45, 7) is 9.47. The van der Waals surface area contributed by atoms with E-state index in [-0.39, 0.29) is 0 Å². The predicted octanol–water partition coefficient (Wildman–Crippen LogP) is 13.4. The quantitative estimate of drug-likeness (QED) is 0.129. The molecule has 2 heterocycles. The lowest BCUT2D eigenvalue weighted by molar-refractivity contribution is 1.07. The molecule has 9 aromatic rings. The van der Waals surface area contributed by atoms with Gasteiger partial charge in [0.25, 0.3) is 0 Å². The second-order valence-corrected chi connectivity index (χ2v) is 23.3. The Morgan fingerprint density at radius 3 is 1.41 bits per heavy atom. The molecule has 8 heteroatoms. The van der Waals surface area contributed by atoms with E-state index in [0.717, 1.165) is 27.6 Å². The minimum Gasteiger partial charge on any atom is -0.290 e. The summed E-state index contributed by atoms with van der Waals surface area (Å²) in [5.41, 5.74) is 6.55. The molecule has 0 saturated carbocycles. The van der Waals surface area contributed by atoms with Crippen LogP contribution in [0.25, 0.3) is 56.0 Å². The normalized spacial score (nSPS) is 12.4. The third kappa shape index (κ3) is 6.88. The van der Waals surface area contributed by atoms with E-state index in [4.69, 9.17) is 15.0 Å². The van der Waals surface area contributed by atoms with Crippen molar-refractivity contribution in [2.45, 2.75) is 46.9 Å². The zero-order chi connectivity index (χ0) is 40.7. The molecule has 0 bridgehead atoms. The number of fused-ring (bicyclic) bond motifs is 3. The second kappa shape index (κ2) is 15.7. The molecule has 0 radical (unpaired) electrons. The lowest BCUT2D eigenvalue weighted by atomic mass is 9.49. The van der Waals surface area contributed by atoms with Crippen molar-refractivity contribution < 1.29 is 0 Å². The van der Waals surface area contributed by atoms with Crippen molar-refractivity contribution in [3.05, 3.63) is 182 Å². The van der Waals surface area contributed by atoms with Crippen LogP contribution < -0.4 is 5.46 Å². The van der Waals surface area contributed by atoms with Gasteiger partial charge in [-0.1, -0.05) is 158 Å². The third-order valence-electron chi connectivity index (χ3n) is 11.7. The van der Waals surface area contributed by atoms with E-state index in [1.165, 1.54) is 35.9 Å². The fourth-order valence-electron chi connectivity index (χ4n) is 7.98. The average Bonchev–Trinajstić information content (AvgIpc) is 3.61. The van der Waals surface area contributed by atoms with E-state index >= 15 is 0 Å². The number of para-hydroxylation sites is 1. The molecule has 0 amide bonds. The van der Waals surface area contributed by atoms with E-state index in [2.05, 4.69) is 226 Å². The first-order valence-electron chi connectivity index (χ1n) is 20.4. The molecule has 0 unspecified atom stereocenters. The highest BCUT2D eigenvalue weighted by Crippen LogP contribution is 2.71. The first-order valence-corrected chi connectivity index (χ1v) is 24.5. The topological polar surface area (TPSA) is 43.6 Å². The fourth-order valence-corrected chi connectivity index (χ4v) is 13.4. The Hall–Kier alpha value is -5.82. The minimum absolute atomic E-state index is 0.380. The summed E-state index contributed by atoms with van der Waals surface area (Å²) in [6, 6.07) is 66.3. The van der Waals surface area contributed by atoms with Crippen LogP contribution in [0.5, 0.6) is 0 Å². The molecule has 0 aliphatic rings. The van der Waals surface area contributed by atoms with Gasteiger partial charge in [-0.2, -0.15) is 0 Å². The Labute approximate surface area is 352 Å². The molecular weight excluding hydrogens is 754 g/mol.